The first-order valence-corrected chi connectivity index (χ1v) is 7.48. The monoisotopic (exact) mass is 270 g/mol. The number of nitrogens with two attached hydrogens (primary N) is 1. The minimum absolute atomic E-state index is 0.0155. The summed E-state index contributed by atoms with van der Waals surface area (Å²) in [6.45, 7) is 8.87. The van der Waals surface area contributed by atoms with E-state index in [0.717, 1.165) is 0 Å². The van der Waals surface area contributed by atoms with Gasteiger partial charge in [-0.3, -0.25) is 4.79 Å². The molecule has 1 heterocycles. The Bertz CT molecular complexity index is 273. The van der Waals surface area contributed by atoms with Gasteiger partial charge in [-0.25, -0.2) is 10.4 Å². The van der Waals surface area contributed by atoms with Crippen LogP contribution in [0.3, 0.4) is 0 Å². The van der Waals surface area contributed by atoms with Gasteiger partial charge in [-0.05, 0) is 40.5 Å². The van der Waals surface area contributed by atoms with Crippen LogP contribution in [0.5, 0.6) is 0 Å². The lowest BCUT2D eigenvalue weighted by Crippen LogP contribution is -2.57. The first-order chi connectivity index (χ1) is 8.93. The molecule has 19 heavy (non-hydrogen) atoms. The molecule has 3 unspecified atom stereocenters. The summed E-state index contributed by atoms with van der Waals surface area (Å²) in [5.41, 5.74) is 9.25. The van der Waals surface area contributed by atoms with E-state index >= 15 is 0 Å². The fourth-order valence-electron chi connectivity index (χ4n) is 2.67. The Morgan fingerprint density at radius 2 is 1.89 bits per heavy atom. The molecule has 1 amide bonds. The molecule has 0 saturated carbocycles. The van der Waals surface area contributed by atoms with E-state index in [1.165, 1.54) is 19.3 Å². The fourth-order valence-corrected chi connectivity index (χ4v) is 2.67. The highest BCUT2D eigenvalue weighted by Crippen LogP contribution is 2.20. The summed E-state index contributed by atoms with van der Waals surface area (Å²) in [5, 5.41) is 5.20. The molecule has 0 bridgehead atoms. The van der Waals surface area contributed by atoms with Crippen LogP contribution in [0.15, 0.2) is 0 Å². The summed E-state index contributed by atoms with van der Waals surface area (Å²) in [7, 11) is 0. The molecule has 1 aliphatic heterocycles. The molecule has 112 valence electrons. The maximum Gasteiger partial charge on any atom is 0.221 e. The van der Waals surface area contributed by atoms with E-state index in [1.54, 1.807) is 0 Å². The van der Waals surface area contributed by atoms with E-state index in [0.29, 0.717) is 25.0 Å². The number of piperidine rings is 1. The maximum atomic E-state index is 11.8. The molecule has 0 aliphatic carbocycles. The van der Waals surface area contributed by atoms with Gasteiger partial charge in [-0.1, -0.05) is 6.42 Å². The molecule has 3 atom stereocenters. The smallest absolute Gasteiger partial charge is 0.221 e. The SMILES string of the molecule is CC(C)NC(=O)CC(CN)NN1C(C)CCCC1C. The van der Waals surface area contributed by atoms with Crippen LogP contribution < -0.4 is 16.5 Å². The first-order valence-electron chi connectivity index (χ1n) is 7.48. The minimum atomic E-state index is 0.0155. The van der Waals surface area contributed by atoms with Crippen molar-refractivity contribution in [3.8, 4) is 0 Å². The molecule has 5 nitrogen and oxygen atoms in total. The lowest BCUT2D eigenvalue weighted by molar-refractivity contribution is -0.122. The first kappa shape index (κ1) is 16.4. The zero-order valence-electron chi connectivity index (χ0n) is 12.8. The quantitative estimate of drug-likeness (QED) is 0.673. The van der Waals surface area contributed by atoms with Gasteiger partial charge >= 0.3 is 0 Å². The van der Waals surface area contributed by atoms with Gasteiger partial charge in [0.2, 0.25) is 5.91 Å². The average molecular weight is 270 g/mol. The van der Waals surface area contributed by atoms with Crippen LogP contribution in [0.2, 0.25) is 0 Å². The number of carbonyl (C=O) groups excluding carboxylic acids is 1. The summed E-state index contributed by atoms with van der Waals surface area (Å²) >= 11 is 0. The van der Waals surface area contributed by atoms with Gasteiger partial charge in [0.1, 0.15) is 0 Å². The molecule has 4 N–H and O–H groups in total. The van der Waals surface area contributed by atoms with Crippen molar-refractivity contribution in [1.29, 1.82) is 0 Å². The Morgan fingerprint density at radius 3 is 2.37 bits per heavy atom. The molecular weight excluding hydrogens is 240 g/mol. The van der Waals surface area contributed by atoms with Crippen LogP contribution in [0.25, 0.3) is 0 Å². The van der Waals surface area contributed by atoms with E-state index in [-0.39, 0.29) is 18.0 Å². The fraction of sp³-hybridized carbons (Fsp3) is 0.929. The van der Waals surface area contributed by atoms with E-state index in [1.807, 2.05) is 13.8 Å². The summed E-state index contributed by atoms with van der Waals surface area (Å²) in [4.78, 5) is 11.8. The molecule has 0 aromatic carbocycles. The standard InChI is InChI=1S/C14H30N4O/c1-10(2)16-14(19)8-13(9-15)17-18-11(3)6-5-7-12(18)4/h10-13,17H,5-9,15H2,1-4H3,(H,16,19). The Morgan fingerprint density at radius 1 is 1.32 bits per heavy atom. The highest BCUT2D eigenvalue weighted by molar-refractivity contribution is 5.76. The number of nitrogens with zero attached hydrogens (tertiary/aromatic N) is 1. The van der Waals surface area contributed by atoms with E-state index in [4.69, 9.17) is 5.73 Å². The zero-order valence-corrected chi connectivity index (χ0v) is 12.8. The van der Waals surface area contributed by atoms with Crippen molar-refractivity contribution in [2.75, 3.05) is 6.54 Å². The molecule has 0 aromatic rings. The highest BCUT2D eigenvalue weighted by atomic mass is 16.1. The average Bonchev–Trinajstić information content (AvgIpc) is 2.31. The molecule has 1 aliphatic rings. The predicted molar refractivity (Wildman–Crippen MR) is 78.5 cm³/mol. The highest BCUT2D eigenvalue weighted by Gasteiger charge is 2.27. The molecular formula is C14H30N4O. The van der Waals surface area contributed by atoms with Crippen LogP contribution in [0.1, 0.15) is 53.4 Å². The number of carbonyl (C=O) groups is 1. The summed E-state index contributed by atoms with van der Waals surface area (Å²) in [6, 6.07) is 1.21. The van der Waals surface area contributed by atoms with Gasteiger partial charge in [0.05, 0.1) is 0 Å². The molecule has 1 rings (SSSR count). The normalized spacial score (nSPS) is 26.4. The Labute approximate surface area is 117 Å². The Hall–Kier alpha value is -0.650. The molecule has 1 fully saturated rings. The summed E-state index contributed by atoms with van der Waals surface area (Å²) < 4.78 is 0. The predicted octanol–water partition coefficient (Wildman–Crippen LogP) is 0.996. The Kier molecular flexibility index (Phi) is 6.75. The third-order valence-electron chi connectivity index (χ3n) is 3.69. The van der Waals surface area contributed by atoms with Gasteiger partial charge in [0, 0.05) is 37.1 Å². The van der Waals surface area contributed by atoms with Crippen LogP contribution >= 0.6 is 0 Å². The topological polar surface area (TPSA) is 70.4 Å². The van der Waals surface area contributed by atoms with Gasteiger partial charge in [0.25, 0.3) is 0 Å². The molecule has 0 aromatic heterocycles. The minimum Gasteiger partial charge on any atom is -0.354 e. The van der Waals surface area contributed by atoms with E-state index < -0.39 is 0 Å². The van der Waals surface area contributed by atoms with Crippen LogP contribution in [0.4, 0.5) is 0 Å². The van der Waals surface area contributed by atoms with Crippen molar-refractivity contribution in [3.05, 3.63) is 0 Å². The third-order valence-corrected chi connectivity index (χ3v) is 3.69. The van der Waals surface area contributed by atoms with Gasteiger partial charge < -0.3 is 11.1 Å². The lowest BCUT2D eigenvalue weighted by atomic mass is 9.99. The number of amides is 1. The van der Waals surface area contributed by atoms with Crippen molar-refractivity contribution in [2.24, 2.45) is 5.73 Å². The summed E-state index contributed by atoms with van der Waals surface area (Å²) in [5.74, 6) is 0.0651. The van der Waals surface area contributed by atoms with Crippen LogP contribution in [-0.4, -0.2) is 41.6 Å². The van der Waals surface area contributed by atoms with Crippen molar-refractivity contribution < 1.29 is 4.79 Å². The number of hydrazine groups is 1. The largest absolute Gasteiger partial charge is 0.354 e. The second kappa shape index (κ2) is 7.82. The van der Waals surface area contributed by atoms with Crippen LogP contribution in [0, 0.1) is 0 Å². The van der Waals surface area contributed by atoms with Crippen molar-refractivity contribution in [1.82, 2.24) is 15.8 Å². The van der Waals surface area contributed by atoms with Crippen molar-refractivity contribution in [3.63, 3.8) is 0 Å². The third kappa shape index (κ3) is 5.47. The van der Waals surface area contributed by atoms with Crippen molar-refractivity contribution >= 4 is 5.91 Å². The summed E-state index contributed by atoms with van der Waals surface area (Å²) in [6.07, 6.45) is 4.12. The molecule has 1 saturated heterocycles. The van der Waals surface area contributed by atoms with Gasteiger partial charge in [-0.15, -0.1) is 0 Å². The van der Waals surface area contributed by atoms with Crippen molar-refractivity contribution in [2.45, 2.75) is 77.5 Å². The second-order valence-corrected chi connectivity index (χ2v) is 6.02. The molecule has 0 spiro atoms. The Balaban J connectivity index is 2.48. The maximum absolute atomic E-state index is 11.8. The second-order valence-electron chi connectivity index (χ2n) is 6.02. The van der Waals surface area contributed by atoms with Gasteiger partial charge in [-0.2, -0.15) is 0 Å². The van der Waals surface area contributed by atoms with Gasteiger partial charge in [0.15, 0.2) is 0 Å². The molecule has 5 heteroatoms. The van der Waals surface area contributed by atoms with Crippen LogP contribution in [-0.2, 0) is 4.79 Å². The lowest BCUT2D eigenvalue weighted by Gasteiger charge is -2.41. The zero-order chi connectivity index (χ0) is 14.4. The molecule has 0 radical (unpaired) electrons. The number of rotatable bonds is 6. The number of hydrogen-bond acceptors (Lipinski definition) is 4. The van der Waals surface area contributed by atoms with E-state index in [9.17, 15) is 4.79 Å². The number of nitrogens with one attached hydrogen (secondary N) is 2. The number of hydrogen-bond donors (Lipinski definition) is 3. The van der Waals surface area contributed by atoms with E-state index in [2.05, 4.69) is 29.6 Å².